The maximum Gasteiger partial charge on any atom is 0.196 e. The minimum Gasteiger partial charge on any atom is -0.306 e. The highest BCUT2D eigenvalue weighted by molar-refractivity contribution is 7.99. The molecule has 2 heterocycles. The van der Waals surface area contributed by atoms with Crippen LogP contribution >= 0.6 is 11.8 Å². The lowest BCUT2D eigenvalue weighted by atomic mass is 10.2. The van der Waals surface area contributed by atoms with E-state index in [4.69, 9.17) is 5.26 Å². The van der Waals surface area contributed by atoms with Crippen LogP contribution in [0.4, 0.5) is 4.39 Å². The number of halogens is 1. The van der Waals surface area contributed by atoms with E-state index in [0.29, 0.717) is 10.5 Å². The summed E-state index contributed by atoms with van der Waals surface area (Å²) in [5.74, 6) is 0.601. The monoisotopic (exact) mass is 288 g/mol. The van der Waals surface area contributed by atoms with E-state index in [1.807, 2.05) is 6.07 Å². The van der Waals surface area contributed by atoms with E-state index < -0.39 is 5.82 Å². The van der Waals surface area contributed by atoms with Gasteiger partial charge in [0.15, 0.2) is 5.16 Å². The molecule has 0 saturated heterocycles. The van der Waals surface area contributed by atoms with Gasteiger partial charge in [0.1, 0.15) is 11.6 Å². The van der Waals surface area contributed by atoms with Gasteiger partial charge >= 0.3 is 0 Å². The number of nitrogens with zero attached hydrogens (tertiary/aromatic N) is 4. The van der Waals surface area contributed by atoms with Gasteiger partial charge in [0, 0.05) is 17.9 Å². The quantitative estimate of drug-likeness (QED) is 0.851. The minimum absolute atomic E-state index is 0.322. The Balaban J connectivity index is 1.90. The predicted molar refractivity (Wildman–Crippen MR) is 72.8 cm³/mol. The molecule has 4 nitrogen and oxygen atoms in total. The van der Waals surface area contributed by atoms with Crippen LogP contribution in [-0.2, 0) is 13.0 Å². The van der Waals surface area contributed by atoms with Gasteiger partial charge < -0.3 is 4.57 Å². The first kappa shape index (κ1) is 13.1. The highest BCUT2D eigenvalue weighted by atomic mass is 32.2. The molecule has 2 aromatic rings. The Labute approximate surface area is 120 Å². The van der Waals surface area contributed by atoms with Crippen molar-refractivity contribution in [2.45, 2.75) is 42.3 Å². The summed E-state index contributed by atoms with van der Waals surface area (Å²) in [4.78, 5) is 0.681. The van der Waals surface area contributed by atoms with Crippen molar-refractivity contribution in [3.63, 3.8) is 0 Å². The third-order valence-electron chi connectivity index (χ3n) is 3.29. The van der Waals surface area contributed by atoms with Gasteiger partial charge in [-0.1, -0.05) is 6.42 Å². The van der Waals surface area contributed by atoms with Crippen molar-refractivity contribution in [3.05, 3.63) is 35.4 Å². The van der Waals surface area contributed by atoms with Gasteiger partial charge in [-0.25, -0.2) is 4.39 Å². The molecule has 102 valence electrons. The summed E-state index contributed by atoms with van der Waals surface area (Å²) < 4.78 is 15.5. The summed E-state index contributed by atoms with van der Waals surface area (Å²) >= 11 is 1.36. The lowest BCUT2D eigenvalue weighted by molar-refractivity contribution is 0.590. The maximum atomic E-state index is 13.4. The molecule has 3 rings (SSSR count). The molecular formula is C14H13FN4S. The second-order valence-corrected chi connectivity index (χ2v) is 5.79. The molecular weight excluding hydrogens is 275 g/mol. The third-order valence-corrected chi connectivity index (χ3v) is 4.24. The molecule has 0 amide bonds. The van der Waals surface area contributed by atoms with Gasteiger partial charge in [0.2, 0.25) is 0 Å². The van der Waals surface area contributed by atoms with Gasteiger partial charge in [-0.2, -0.15) is 5.26 Å². The van der Waals surface area contributed by atoms with Crippen molar-refractivity contribution >= 4 is 11.8 Å². The second kappa shape index (κ2) is 5.63. The molecule has 0 atom stereocenters. The van der Waals surface area contributed by atoms with E-state index in [1.165, 1.54) is 30.3 Å². The lowest BCUT2D eigenvalue weighted by Crippen LogP contribution is -2.02. The highest BCUT2D eigenvalue weighted by Crippen LogP contribution is 2.29. The van der Waals surface area contributed by atoms with Crippen LogP contribution < -0.4 is 0 Å². The first-order valence-electron chi connectivity index (χ1n) is 6.57. The average molecular weight is 288 g/mol. The predicted octanol–water partition coefficient (Wildman–Crippen LogP) is 3.17. The second-order valence-electron chi connectivity index (χ2n) is 4.75. The van der Waals surface area contributed by atoms with Gasteiger partial charge in [0.05, 0.1) is 11.6 Å². The topological polar surface area (TPSA) is 54.5 Å². The van der Waals surface area contributed by atoms with Crippen molar-refractivity contribution in [1.29, 1.82) is 5.26 Å². The number of aryl methyl sites for hydroxylation is 1. The van der Waals surface area contributed by atoms with E-state index >= 15 is 0 Å². The Morgan fingerprint density at radius 3 is 2.95 bits per heavy atom. The van der Waals surface area contributed by atoms with E-state index in [9.17, 15) is 4.39 Å². The molecule has 0 saturated carbocycles. The summed E-state index contributed by atoms with van der Waals surface area (Å²) in [5, 5.41) is 18.1. The minimum atomic E-state index is -0.401. The van der Waals surface area contributed by atoms with Crippen LogP contribution in [0, 0.1) is 17.1 Å². The molecule has 0 unspecified atom stereocenters. The van der Waals surface area contributed by atoms with Crippen molar-refractivity contribution < 1.29 is 4.39 Å². The smallest absolute Gasteiger partial charge is 0.196 e. The van der Waals surface area contributed by atoms with Crippen LogP contribution in [0.5, 0.6) is 0 Å². The number of nitriles is 1. The summed E-state index contributed by atoms with van der Waals surface area (Å²) in [6.07, 6.45) is 4.40. The Kier molecular flexibility index (Phi) is 3.70. The summed E-state index contributed by atoms with van der Waals surface area (Å²) in [6, 6.07) is 6.29. The fourth-order valence-electron chi connectivity index (χ4n) is 2.33. The van der Waals surface area contributed by atoms with Crippen molar-refractivity contribution in [2.24, 2.45) is 0 Å². The molecule has 6 heteroatoms. The van der Waals surface area contributed by atoms with E-state index in [1.54, 1.807) is 6.07 Å². The van der Waals surface area contributed by atoms with Crippen LogP contribution in [0.25, 0.3) is 0 Å². The Bertz CT molecular complexity index is 674. The number of fused-ring (bicyclic) bond motifs is 1. The van der Waals surface area contributed by atoms with Crippen molar-refractivity contribution in [3.8, 4) is 6.07 Å². The first-order valence-corrected chi connectivity index (χ1v) is 7.38. The van der Waals surface area contributed by atoms with Crippen LogP contribution in [0.2, 0.25) is 0 Å². The summed E-state index contributed by atoms with van der Waals surface area (Å²) in [5.41, 5.74) is 0.322. The zero-order valence-electron chi connectivity index (χ0n) is 10.8. The number of hydrogen-bond acceptors (Lipinski definition) is 4. The molecule has 0 aliphatic carbocycles. The Morgan fingerprint density at radius 1 is 1.20 bits per heavy atom. The van der Waals surface area contributed by atoms with E-state index in [0.717, 1.165) is 36.8 Å². The van der Waals surface area contributed by atoms with Gasteiger partial charge in [0.25, 0.3) is 0 Å². The molecule has 0 spiro atoms. The van der Waals surface area contributed by atoms with Gasteiger partial charge in [-0.15, -0.1) is 10.2 Å². The number of aromatic nitrogens is 3. The molecule has 20 heavy (non-hydrogen) atoms. The molecule has 1 aromatic heterocycles. The number of hydrogen-bond donors (Lipinski definition) is 0. The highest BCUT2D eigenvalue weighted by Gasteiger charge is 2.16. The Morgan fingerprint density at radius 2 is 2.10 bits per heavy atom. The maximum absolute atomic E-state index is 13.4. The molecule has 0 fully saturated rings. The van der Waals surface area contributed by atoms with E-state index in [2.05, 4.69) is 14.8 Å². The zero-order chi connectivity index (χ0) is 13.9. The largest absolute Gasteiger partial charge is 0.306 e. The number of benzene rings is 1. The standard InChI is InChI=1S/C14H13FN4S/c15-11-6-10(9-16)7-12(8-11)20-14-18-17-13-4-2-1-3-5-19(13)14/h6-8H,1-5H2. The molecule has 0 radical (unpaired) electrons. The molecule has 0 bridgehead atoms. The molecule has 1 aromatic carbocycles. The number of rotatable bonds is 2. The van der Waals surface area contributed by atoms with Crippen molar-refractivity contribution in [2.75, 3.05) is 0 Å². The zero-order valence-corrected chi connectivity index (χ0v) is 11.7. The van der Waals surface area contributed by atoms with Crippen LogP contribution in [-0.4, -0.2) is 14.8 Å². The molecule has 0 N–H and O–H groups in total. The van der Waals surface area contributed by atoms with E-state index in [-0.39, 0.29) is 0 Å². The summed E-state index contributed by atoms with van der Waals surface area (Å²) in [6.45, 7) is 0.908. The summed E-state index contributed by atoms with van der Waals surface area (Å²) in [7, 11) is 0. The van der Waals surface area contributed by atoms with Crippen LogP contribution in [0.1, 0.15) is 30.7 Å². The third kappa shape index (κ3) is 2.68. The fourth-order valence-corrected chi connectivity index (χ4v) is 3.28. The Hall–Kier alpha value is -1.87. The van der Waals surface area contributed by atoms with Gasteiger partial charge in [-0.3, -0.25) is 0 Å². The normalized spacial score (nSPS) is 14.4. The van der Waals surface area contributed by atoms with Crippen molar-refractivity contribution in [1.82, 2.24) is 14.8 Å². The lowest BCUT2D eigenvalue weighted by Gasteiger charge is -2.06. The van der Waals surface area contributed by atoms with Crippen LogP contribution in [0.3, 0.4) is 0 Å². The fraction of sp³-hybridized carbons (Fsp3) is 0.357. The van der Waals surface area contributed by atoms with Gasteiger partial charge in [-0.05, 0) is 42.8 Å². The first-order chi connectivity index (χ1) is 9.76. The molecule has 1 aliphatic heterocycles. The van der Waals surface area contributed by atoms with Crippen LogP contribution in [0.15, 0.2) is 28.3 Å². The molecule has 1 aliphatic rings. The average Bonchev–Trinajstić information content (AvgIpc) is 2.67. The SMILES string of the molecule is N#Cc1cc(F)cc(Sc2nnc3n2CCCCC3)c1.